The van der Waals surface area contributed by atoms with Crippen LogP contribution in [0.5, 0.6) is 5.75 Å². The van der Waals surface area contributed by atoms with Gasteiger partial charge in [0.1, 0.15) is 5.75 Å². The molecule has 23 heavy (non-hydrogen) atoms. The Balaban J connectivity index is 1.60. The lowest BCUT2D eigenvalue weighted by atomic mass is 10.0. The Morgan fingerprint density at radius 1 is 1.35 bits per heavy atom. The molecule has 0 spiro atoms. The number of guanidine groups is 1. The number of nitrogens with one attached hydrogen (secondary N) is 1. The Morgan fingerprint density at radius 2 is 2.17 bits per heavy atom. The second-order valence-corrected chi connectivity index (χ2v) is 8.45. The average molecular weight is 337 g/mol. The molecule has 3 rings (SSSR count). The molecule has 0 radical (unpaired) electrons. The molecule has 0 saturated carbocycles. The highest BCUT2D eigenvalue weighted by Gasteiger charge is 2.25. The summed E-state index contributed by atoms with van der Waals surface area (Å²) in [5.41, 5.74) is 7.08. The Bertz CT molecular complexity index is 688. The molecule has 3 N–H and O–H groups in total. The van der Waals surface area contributed by atoms with E-state index in [1.165, 1.54) is 0 Å². The number of rotatable bonds is 3. The number of nitrogens with two attached hydrogens (primary N) is 1. The van der Waals surface area contributed by atoms with E-state index in [-0.39, 0.29) is 17.7 Å². The summed E-state index contributed by atoms with van der Waals surface area (Å²) >= 11 is 0. The lowest BCUT2D eigenvalue weighted by Gasteiger charge is -2.27. The smallest absolute Gasteiger partial charge is 0.189 e. The van der Waals surface area contributed by atoms with E-state index in [0.29, 0.717) is 24.9 Å². The number of ether oxygens (including phenoxy) is 1. The first-order valence-electron chi connectivity index (χ1n) is 8.02. The van der Waals surface area contributed by atoms with Gasteiger partial charge in [-0.2, -0.15) is 0 Å². The van der Waals surface area contributed by atoms with Gasteiger partial charge in [-0.25, -0.2) is 8.42 Å². The van der Waals surface area contributed by atoms with Gasteiger partial charge in [-0.3, -0.25) is 4.99 Å². The molecule has 7 heteroatoms. The molecule has 2 atom stereocenters. The highest BCUT2D eigenvalue weighted by atomic mass is 32.2. The standard InChI is InChI=1S/C16H23N3O3S/c17-16(18-10-12-4-3-9-23(20,21)11-12)19-14-7-8-22-15-6-2-1-5-13(14)15/h1-2,5-6,12,14H,3-4,7-11H2,(H3,17,18,19). The Labute approximate surface area is 137 Å². The Hall–Kier alpha value is -1.76. The van der Waals surface area contributed by atoms with E-state index in [2.05, 4.69) is 10.3 Å². The fourth-order valence-electron chi connectivity index (χ4n) is 3.21. The number of aliphatic imine (C=N–C) groups is 1. The van der Waals surface area contributed by atoms with Crippen LogP contribution in [0, 0.1) is 5.92 Å². The predicted molar refractivity (Wildman–Crippen MR) is 90.3 cm³/mol. The number of fused-ring (bicyclic) bond motifs is 1. The molecular formula is C16H23N3O3S. The zero-order valence-corrected chi connectivity index (χ0v) is 13.9. The van der Waals surface area contributed by atoms with Crippen LogP contribution in [0.3, 0.4) is 0 Å². The molecule has 1 aromatic carbocycles. The van der Waals surface area contributed by atoms with Crippen molar-refractivity contribution < 1.29 is 13.2 Å². The second-order valence-electron chi connectivity index (χ2n) is 6.22. The summed E-state index contributed by atoms with van der Waals surface area (Å²) < 4.78 is 28.9. The van der Waals surface area contributed by atoms with E-state index in [1.807, 2.05) is 24.3 Å². The van der Waals surface area contributed by atoms with E-state index in [0.717, 1.165) is 30.6 Å². The van der Waals surface area contributed by atoms with Crippen LogP contribution in [0.1, 0.15) is 30.9 Å². The van der Waals surface area contributed by atoms with Crippen molar-refractivity contribution in [3.8, 4) is 5.75 Å². The van der Waals surface area contributed by atoms with Gasteiger partial charge in [-0.15, -0.1) is 0 Å². The van der Waals surface area contributed by atoms with Gasteiger partial charge in [0, 0.05) is 18.5 Å². The summed E-state index contributed by atoms with van der Waals surface area (Å²) in [7, 11) is -2.89. The Kier molecular flexibility index (Phi) is 4.75. The van der Waals surface area contributed by atoms with Gasteiger partial charge in [0.05, 0.1) is 24.2 Å². The minimum absolute atomic E-state index is 0.0797. The van der Waals surface area contributed by atoms with Gasteiger partial charge in [0.15, 0.2) is 15.8 Å². The van der Waals surface area contributed by atoms with E-state index < -0.39 is 9.84 Å². The monoisotopic (exact) mass is 337 g/mol. The molecule has 0 aliphatic carbocycles. The summed E-state index contributed by atoms with van der Waals surface area (Å²) in [6, 6.07) is 7.97. The number of hydrogen-bond acceptors (Lipinski definition) is 4. The molecule has 6 nitrogen and oxygen atoms in total. The highest BCUT2D eigenvalue weighted by molar-refractivity contribution is 7.91. The number of para-hydroxylation sites is 1. The third-order valence-electron chi connectivity index (χ3n) is 4.36. The van der Waals surface area contributed by atoms with Crippen molar-refractivity contribution in [2.75, 3.05) is 24.7 Å². The first-order chi connectivity index (χ1) is 11.0. The lowest BCUT2D eigenvalue weighted by Crippen LogP contribution is -2.38. The number of benzene rings is 1. The van der Waals surface area contributed by atoms with Crippen LogP contribution in [0.2, 0.25) is 0 Å². The van der Waals surface area contributed by atoms with Gasteiger partial charge >= 0.3 is 0 Å². The summed E-state index contributed by atoms with van der Waals surface area (Å²) in [6.45, 7) is 1.10. The zero-order chi connectivity index (χ0) is 16.3. The minimum Gasteiger partial charge on any atom is -0.493 e. The first kappa shape index (κ1) is 16.1. The van der Waals surface area contributed by atoms with Crippen molar-refractivity contribution in [1.82, 2.24) is 5.32 Å². The van der Waals surface area contributed by atoms with Crippen LogP contribution in [0.4, 0.5) is 0 Å². The van der Waals surface area contributed by atoms with Gasteiger partial charge in [-0.05, 0) is 24.8 Å². The molecule has 0 bridgehead atoms. The van der Waals surface area contributed by atoms with Gasteiger partial charge in [0.2, 0.25) is 0 Å². The molecule has 2 aliphatic heterocycles. The molecule has 2 aliphatic rings. The van der Waals surface area contributed by atoms with Crippen LogP contribution in [-0.4, -0.2) is 39.0 Å². The minimum atomic E-state index is -2.89. The van der Waals surface area contributed by atoms with Crippen molar-refractivity contribution in [1.29, 1.82) is 0 Å². The van der Waals surface area contributed by atoms with Crippen LogP contribution < -0.4 is 15.8 Å². The maximum absolute atomic E-state index is 11.7. The summed E-state index contributed by atoms with van der Waals surface area (Å²) in [5.74, 6) is 1.86. The van der Waals surface area contributed by atoms with E-state index in [1.54, 1.807) is 0 Å². The normalized spacial score (nSPS) is 26.9. The van der Waals surface area contributed by atoms with Crippen molar-refractivity contribution in [2.45, 2.75) is 25.3 Å². The Morgan fingerprint density at radius 3 is 3.00 bits per heavy atom. The van der Waals surface area contributed by atoms with Gasteiger partial charge in [-0.1, -0.05) is 18.2 Å². The number of hydrogen-bond donors (Lipinski definition) is 2. The first-order valence-corrected chi connectivity index (χ1v) is 9.84. The fourth-order valence-corrected chi connectivity index (χ4v) is 4.97. The van der Waals surface area contributed by atoms with Crippen molar-refractivity contribution in [3.63, 3.8) is 0 Å². The van der Waals surface area contributed by atoms with E-state index in [9.17, 15) is 8.42 Å². The molecule has 0 amide bonds. The molecule has 126 valence electrons. The third kappa shape index (κ3) is 4.16. The molecule has 2 heterocycles. The fraction of sp³-hybridized carbons (Fsp3) is 0.562. The van der Waals surface area contributed by atoms with Crippen LogP contribution in [0.25, 0.3) is 0 Å². The molecule has 1 fully saturated rings. The molecule has 1 aromatic rings. The maximum atomic E-state index is 11.7. The summed E-state index contributed by atoms with van der Waals surface area (Å²) in [6.07, 6.45) is 2.45. The number of nitrogens with zero attached hydrogens (tertiary/aromatic N) is 1. The molecule has 0 aromatic heterocycles. The number of sulfone groups is 1. The van der Waals surface area contributed by atoms with Crippen molar-refractivity contribution in [2.24, 2.45) is 16.6 Å². The predicted octanol–water partition coefficient (Wildman–Crippen LogP) is 1.24. The van der Waals surface area contributed by atoms with Gasteiger partial charge < -0.3 is 15.8 Å². The molecule has 1 saturated heterocycles. The quantitative estimate of drug-likeness (QED) is 0.639. The summed E-state index contributed by atoms with van der Waals surface area (Å²) in [4.78, 5) is 4.36. The maximum Gasteiger partial charge on any atom is 0.189 e. The van der Waals surface area contributed by atoms with E-state index >= 15 is 0 Å². The van der Waals surface area contributed by atoms with Crippen LogP contribution >= 0.6 is 0 Å². The SMILES string of the molecule is NC(=NCC1CCCS(=O)(=O)C1)NC1CCOc2ccccc21. The largest absolute Gasteiger partial charge is 0.493 e. The van der Waals surface area contributed by atoms with Crippen LogP contribution in [0.15, 0.2) is 29.3 Å². The van der Waals surface area contributed by atoms with Crippen molar-refractivity contribution in [3.05, 3.63) is 29.8 Å². The van der Waals surface area contributed by atoms with Crippen LogP contribution in [-0.2, 0) is 9.84 Å². The average Bonchev–Trinajstić information content (AvgIpc) is 2.52. The topological polar surface area (TPSA) is 93.8 Å². The second kappa shape index (κ2) is 6.78. The van der Waals surface area contributed by atoms with Crippen molar-refractivity contribution >= 4 is 15.8 Å². The highest BCUT2D eigenvalue weighted by Crippen LogP contribution is 2.31. The molecule has 2 unspecified atom stereocenters. The third-order valence-corrected chi connectivity index (χ3v) is 6.25. The lowest BCUT2D eigenvalue weighted by molar-refractivity contribution is 0.262. The zero-order valence-electron chi connectivity index (χ0n) is 13.1. The van der Waals surface area contributed by atoms with Gasteiger partial charge in [0.25, 0.3) is 0 Å². The molecular weight excluding hydrogens is 314 g/mol. The van der Waals surface area contributed by atoms with E-state index in [4.69, 9.17) is 10.5 Å². The summed E-state index contributed by atoms with van der Waals surface area (Å²) in [5, 5.41) is 3.23.